The van der Waals surface area contributed by atoms with Gasteiger partial charge in [-0.3, -0.25) is 0 Å². The minimum atomic E-state index is -0.132. The summed E-state index contributed by atoms with van der Waals surface area (Å²) < 4.78 is 0. The molecule has 1 heteroatoms. The van der Waals surface area contributed by atoms with Crippen molar-refractivity contribution in [2.45, 2.75) is 112 Å². The summed E-state index contributed by atoms with van der Waals surface area (Å²) >= 11 is 0. The lowest BCUT2D eigenvalue weighted by Gasteiger charge is -2.59. The van der Waals surface area contributed by atoms with Gasteiger partial charge in [0, 0.05) is 0 Å². The van der Waals surface area contributed by atoms with Crippen LogP contribution in [0, 0.1) is 28.1 Å². The van der Waals surface area contributed by atoms with Crippen LogP contribution < -0.4 is 0 Å². The number of hydrogen-bond acceptors (Lipinski definition) is 1. The molecular formula is C28H44O. The fourth-order valence-electron chi connectivity index (χ4n) is 7.96. The third kappa shape index (κ3) is 3.31. The lowest BCUT2D eigenvalue weighted by atomic mass is 9.46. The van der Waals surface area contributed by atoms with Crippen LogP contribution in [0.25, 0.3) is 0 Å². The molecule has 0 aliphatic heterocycles. The third-order valence-electron chi connectivity index (χ3n) is 9.85. The van der Waals surface area contributed by atoms with Crippen LogP contribution in [0.2, 0.25) is 0 Å². The first-order valence-corrected chi connectivity index (χ1v) is 12.4. The highest BCUT2D eigenvalue weighted by Gasteiger charge is 2.56. The SMILES string of the molecule is CC(C)=CCCC[C@H]1CC=C2C3=C(CC[C@@]21C)[C@@]1(C)CC[C@H](O)C(C)(C)[C@@H]1CC3. The van der Waals surface area contributed by atoms with Gasteiger partial charge in [0.1, 0.15) is 0 Å². The summed E-state index contributed by atoms with van der Waals surface area (Å²) in [5.74, 6) is 1.47. The summed E-state index contributed by atoms with van der Waals surface area (Å²) in [7, 11) is 0. The highest BCUT2D eigenvalue weighted by molar-refractivity contribution is 5.49. The Morgan fingerprint density at radius 1 is 1.07 bits per heavy atom. The fourth-order valence-corrected chi connectivity index (χ4v) is 7.96. The molecule has 0 saturated heterocycles. The van der Waals surface area contributed by atoms with Crippen molar-refractivity contribution in [1.29, 1.82) is 0 Å². The van der Waals surface area contributed by atoms with Gasteiger partial charge < -0.3 is 5.11 Å². The minimum Gasteiger partial charge on any atom is -0.393 e. The highest BCUT2D eigenvalue weighted by atomic mass is 16.3. The maximum Gasteiger partial charge on any atom is 0.0594 e. The van der Waals surface area contributed by atoms with Crippen LogP contribution in [-0.4, -0.2) is 11.2 Å². The molecule has 0 bridgehead atoms. The zero-order chi connectivity index (χ0) is 21.0. The quantitative estimate of drug-likeness (QED) is 0.380. The van der Waals surface area contributed by atoms with Crippen LogP contribution >= 0.6 is 0 Å². The van der Waals surface area contributed by atoms with Gasteiger partial charge in [-0.15, -0.1) is 0 Å². The van der Waals surface area contributed by atoms with E-state index in [1.54, 1.807) is 16.7 Å². The van der Waals surface area contributed by atoms with Crippen LogP contribution in [0.15, 0.2) is 34.4 Å². The molecule has 0 aromatic heterocycles. The first-order chi connectivity index (χ1) is 13.6. The van der Waals surface area contributed by atoms with E-state index in [9.17, 15) is 5.11 Å². The monoisotopic (exact) mass is 396 g/mol. The molecule has 1 nitrogen and oxygen atoms in total. The molecule has 0 unspecified atom stereocenters. The zero-order valence-corrected chi connectivity index (χ0v) is 19.9. The minimum absolute atomic E-state index is 0.0454. The normalized spacial score (nSPS) is 40.7. The lowest BCUT2D eigenvalue weighted by Crippen LogP contribution is -2.53. The summed E-state index contributed by atoms with van der Waals surface area (Å²) in [5.41, 5.74) is 7.52. The van der Waals surface area contributed by atoms with Crippen LogP contribution in [0.4, 0.5) is 0 Å². The molecule has 0 heterocycles. The molecule has 29 heavy (non-hydrogen) atoms. The lowest BCUT2D eigenvalue weighted by molar-refractivity contribution is -0.0904. The fraction of sp³-hybridized carbons (Fsp3) is 0.786. The Hall–Kier alpha value is -0.820. The molecule has 0 amide bonds. The van der Waals surface area contributed by atoms with E-state index >= 15 is 0 Å². The van der Waals surface area contributed by atoms with Crippen molar-refractivity contribution < 1.29 is 5.11 Å². The van der Waals surface area contributed by atoms with E-state index in [0.717, 1.165) is 12.3 Å². The van der Waals surface area contributed by atoms with Crippen LogP contribution in [0.1, 0.15) is 106 Å². The predicted molar refractivity (Wildman–Crippen MR) is 124 cm³/mol. The number of hydrogen-bond donors (Lipinski definition) is 1. The van der Waals surface area contributed by atoms with Crippen LogP contribution in [-0.2, 0) is 0 Å². The zero-order valence-electron chi connectivity index (χ0n) is 19.9. The predicted octanol–water partition coefficient (Wildman–Crippen LogP) is 7.76. The second-order valence-corrected chi connectivity index (χ2v) is 12.0. The number of aliphatic hydroxyl groups is 1. The van der Waals surface area contributed by atoms with Gasteiger partial charge >= 0.3 is 0 Å². The van der Waals surface area contributed by atoms with Gasteiger partial charge in [-0.2, -0.15) is 0 Å². The van der Waals surface area contributed by atoms with Crippen LogP contribution in [0.5, 0.6) is 0 Å². The molecule has 1 N–H and O–H groups in total. The van der Waals surface area contributed by atoms with Gasteiger partial charge in [-0.1, -0.05) is 51.0 Å². The van der Waals surface area contributed by atoms with E-state index in [0.29, 0.717) is 16.7 Å². The number of allylic oxidation sites excluding steroid dienone is 6. The van der Waals surface area contributed by atoms with Crippen molar-refractivity contribution in [3.63, 3.8) is 0 Å². The van der Waals surface area contributed by atoms with Gasteiger partial charge in [-0.25, -0.2) is 0 Å². The Kier molecular flexibility index (Phi) is 5.46. The van der Waals surface area contributed by atoms with Crippen molar-refractivity contribution in [2.75, 3.05) is 0 Å². The van der Waals surface area contributed by atoms with Gasteiger partial charge in [0.15, 0.2) is 0 Å². The van der Waals surface area contributed by atoms with E-state index in [2.05, 4.69) is 53.7 Å². The van der Waals surface area contributed by atoms with Crippen molar-refractivity contribution in [2.24, 2.45) is 28.1 Å². The summed E-state index contributed by atoms with van der Waals surface area (Å²) in [4.78, 5) is 0. The smallest absolute Gasteiger partial charge is 0.0594 e. The van der Waals surface area contributed by atoms with Gasteiger partial charge in [0.05, 0.1) is 6.10 Å². The molecule has 0 spiro atoms. The number of unbranched alkanes of at least 4 members (excludes halogenated alkanes) is 1. The van der Waals surface area contributed by atoms with Crippen LogP contribution in [0.3, 0.4) is 0 Å². The molecule has 0 aromatic rings. The molecule has 162 valence electrons. The largest absolute Gasteiger partial charge is 0.393 e. The summed E-state index contributed by atoms with van der Waals surface area (Å²) in [6.45, 7) is 14.2. The Morgan fingerprint density at radius 2 is 1.83 bits per heavy atom. The Balaban J connectivity index is 1.57. The highest BCUT2D eigenvalue weighted by Crippen LogP contribution is 2.66. The van der Waals surface area contributed by atoms with Crippen molar-refractivity contribution >= 4 is 0 Å². The molecule has 1 saturated carbocycles. The van der Waals surface area contributed by atoms with E-state index < -0.39 is 0 Å². The average molecular weight is 397 g/mol. The third-order valence-corrected chi connectivity index (χ3v) is 9.85. The van der Waals surface area contributed by atoms with E-state index in [-0.39, 0.29) is 11.5 Å². The Bertz CT molecular complexity index is 746. The summed E-state index contributed by atoms with van der Waals surface area (Å²) in [6.07, 6.45) is 17.5. The van der Waals surface area contributed by atoms with E-state index in [1.165, 1.54) is 63.4 Å². The van der Waals surface area contributed by atoms with Gasteiger partial charge in [0.2, 0.25) is 0 Å². The Morgan fingerprint density at radius 3 is 2.55 bits per heavy atom. The average Bonchev–Trinajstić information content (AvgIpc) is 2.99. The number of aliphatic hydroxyl groups excluding tert-OH is 1. The second-order valence-electron chi connectivity index (χ2n) is 12.0. The molecule has 0 radical (unpaired) electrons. The molecule has 4 aliphatic rings. The molecule has 0 aromatic carbocycles. The first-order valence-electron chi connectivity index (χ1n) is 12.4. The topological polar surface area (TPSA) is 20.2 Å². The van der Waals surface area contributed by atoms with E-state index in [4.69, 9.17) is 0 Å². The maximum atomic E-state index is 10.7. The van der Waals surface area contributed by atoms with Crippen molar-refractivity contribution in [3.05, 3.63) is 34.4 Å². The molecular weight excluding hydrogens is 352 g/mol. The summed E-state index contributed by atoms with van der Waals surface area (Å²) in [6, 6.07) is 0. The Labute approximate surface area is 179 Å². The van der Waals surface area contributed by atoms with Gasteiger partial charge in [0.25, 0.3) is 0 Å². The molecule has 4 aliphatic carbocycles. The molecule has 5 atom stereocenters. The number of rotatable bonds is 4. The number of fused-ring (bicyclic) bond motifs is 4. The molecule has 4 rings (SSSR count). The van der Waals surface area contributed by atoms with Crippen molar-refractivity contribution in [3.8, 4) is 0 Å². The van der Waals surface area contributed by atoms with Gasteiger partial charge in [-0.05, 0) is 117 Å². The van der Waals surface area contributed by atoms with Crippen molar-refractivity contribution in [1.82, 2.24) is 0 Å². The maximum absolute atomic E-state index is 10.7. The standard InChI is InChI=1S/C28H44O/c1-19(2)9-7-8-10-20-11-13-22-21-12-14-24-26(3,4)25(29)16-18-28(24,6)23(21)15-17-27(20,22)5/h9,13,20,24-25,29H,7-8,10-12,14-18H2,1-6H3/t20-,24-,25-,27+,28+/m0/s1. The summed E-state index contributed by atoms with van der Waals surface area (Å²) in [5, 5.41) is 10.7. The van der Waals surface area contributed by atoms with E-state index in [1.807, 2.05) is 0 Å². The molecule has 1 fully saturated rings. The second kappa shape index (κ2) is 7.40. The first kappa shape index (κ1) is 21.4.